The molecule has 1 amide bonds. The minimum Gasteiger partial charge on any atom is -0.506 e. The van der Waals surface area contributed by atoms with Gasteiger partial charge in [-0.25, -0.2) is 0 Å². The molecule has 0 aliphatic rings. The number of hydrogen-bond donors (Lipinski definition) is 2. The molecule has 6 heteroatoms. The van der Waals surface area contributed by atoms with Crippen LogP contribution in [0.15, 0.2) is 71.1 Å². The SMILES string of the molecule is Cc1cccc(-c2nnc(-c3ccc(C(=O)Nc4ccc(C)cc4O)cc3)o2)c1. The second-order valence-corrected chi connectivity index (χ2v) is 6.83. The highest BCUT2D eigenvalue weighted by atomic mass is 16.4. The predicted octanol–water partition coefficient (Wildman–Crippen LogP) is 4.98. The van der Waals surface area contributed by atoms with Gasteiger partial charge in [0.2, 0.25) is 11.8 Å². The zero-order valence-electron chi connectivity index (χ0n) is 16.0. The third-order valence-corrected chi connectivity index (χ3v) is 4.49. The number of carbonyl (C=O) groups is 1. The Balaban J connectivity index is 1.51. The molecule has 0 atom stereocenters. The highest BCUT2D eigenvalue weighted by Gasteiger charge is 2.13. The van der Waals surface area contributed by atoms with Crippen LogP contribution in [0.2, 0.25) is 0 Å². The highest BCUT2D eigenvalue weighted by Crippen LogP contribution is 2.26. The summed E-state index contributed by atoms with van der Waals surface area (Å²) >= 11 is 0. The first-order valence-corrected chi connectivity index (χ1v) is 9.11. The van der Waals surface area contributed by atoms with Crippen LogP contribution in [0.1, 0.15) is 21.5 Å². The molecule has 0 spiro atoms. The van der Waals surface area contributed by atoms with Crippen molar-refractivity contribution in [2.45, 2.75) is 13.8 Å². The van der Waals surface area contributed by atoms with Gasteiger partial charge >= 0.3 is 0 Å². The predicted molar refractivity (Wildman–Crippen MR) is 111 cm³/mol. The summed E-state index contributed by atoms with van der Waals surface area (Å²) in [7, 11) is 0. The number of rotatable bonds is 4. The fraction of sp³-hybridized carbons (Fsp3) is 0.0870. The number of phenolic OH excluding ortho intramolecular Hbond substituents is 1. The first kappa shape index (κ1) is 18.4. The summed E-state index contributed by atoms with van der Waals surface area (Å²) in [6.07, 6.45) is 0. The van der Waals surface area contributed by atoms with Crippen molar-refractivity contribution in [2.75, 3.05) is 5.32 Å². The van der Waals surface area contributed by atoms with Gasteiger partial charge in [-0.3, -0.25) is 4.79 Å². The molecule has 0 radical (unpaired) electrons. The van der Waals surface area contributed by atoms with E-state index in [1.54, 1.807) is 36.4 Å². The van der Waals surface area contributed by atoms with Crippen LogP contribution in [-0.2, 0) is 0 Å². The monoisotopic (exact) mass is 385 g/mol. The average Bonchev–Trinajstić information content (AvgIpc) is 3.20. The summed E-state index contributed by atoms with van der Waals surface area (Å²) < 4.78 is 5.78. The van der Waals surface area contributed by atoms with E-state index in [0.717, 1.165) is 16.7 Å². The highest BCUT2D eigenvalue weighted by molar-refractivity contribution is 6.05. The topological polar surface area (TPSA) is 88.2 Å². The number of aryl methyl sites for hydroxylation is 2. The lowest BCUT2D eigenvalue weighted by atomic mass is 10.1. The lowest BCUT2D eigenvalue weighted by molar-refractivity contribution is 0.102. The lowest BCUT2D eigenvalue weighted by Crippen LogP contribution is -2.11. The Bertz CT molecular complexity index is 1180. The third kappa shape index (κ3) is 4.01. The molecule has 0 aliphatic carbocycles. The number of phenols is 1. The van der Waals surface area contributed by atoms with E-state index >= 15 is 0 Å². The van der Waals surface area contributed by atoms with E-state index in [9.17, 15) is 9.90 Å². The van der Waals surface area contributed by atoms with Crippen LogP contribution >= 0.6 is 0 Å². The molecule has 3 aromatic carbocycles. The van der Waals surface area contributed by atoms with E-state index in [1.165, 1.54) is 0 Å². The van der Waals surface area contributed by atoms with Gasteiger partial charge in [-0.05, 0) is 67.9 Å². The summed E-state index contributed by atoms with van der Waals surface area (Å²) in [5.41, 5.74) is 4.41. The van der Waals surface area contributed by atoms with Crippen molar-refractivity contribution in [1.82, 2.24) is 10.2 Å². The Morgan fingerprint density at radius 3 is 2.24 bits per heavy atom. The van der Waals surface area contributed by atoms with Gasteiger partial charge in [-0.15, -0.1) is 10.2 Å². The molecule has 0 saturated carbocycles. The fourth-order valence-electron chi connectivity index (χ4n) is 2.94. The molecule has 0 fully saturated rings. The number of nitrogens with one attached hydrogen (secondary N) is 1. The molecular formula is C23H19N3O3. The maximum Gasteiger partial charge on any atom is 0.255 e. The van der Waals surface area contributed by atoms with Crippen LogP contribution in [0.5, 0.6) is 5.75 Å². The van der Waals surface area contributed by atoms with Gasteiger partial charge in [0, 0.05) is 16.7 Å². The number of carbonyl (C=O) groups excluding carboxylic acids is 1. The molecule has 0 saturated heterocycles. The Labute approximate surface area is 167 Å². The molecule has 4 aromatic rings. The number of benzene rings is 3. The minimum atomic E-state index is -0.318. The second-order valence-electron chi connectivity index (χ2n) is 6.83. The van der Waals surface area contributed by atoms with Gasteiger partial charge in [0.1, 0.15) is 5.75 Å². The third-order valence-electron chi connectivity index (χ3n) is 4.49. The van der Waals surface area contributed by atoms with Gasteiger partial charge in [-0.1, -0.05) is 23.8 Å². The molecule has 2 N–H and O–H groups in total. The number of nitrogens with zero attached hydrogens (tertiary/aromatic N) is 2. The van der Waals surface area contributed by atoms with Crippen LogP contribution in [0.4, 0.5) is 5.69 Å². The largest absolute Gasteiger partial charge is 0.506 e. The van der Waals surface area contributed by atoms with Crippen molar-refractivity contribution in [2.24, 2.45) is 0 Å². The van der Waals surface area contributed by atoms with Crippen LogP contribution in [0.25, 0.3) is 22.9 Å². The van der Waals surface area contributed by atoms with Crippen LogP contribution < -0.4 is 5.32 Å². The minimum absolute atomic E-state index is 0.0320. The van der Waals surface area contributed by atoms with Gasteiger partial charge in [0.25, 0.3) is 5.91 Å². The molecule has 1 aromatic heterocycles. The fourth-order valence-corrected chi connectivity index (χ4v) is 2.94. The maximum atomic E-state index is 12.4. The quantitative estimate of drug-likeness (QED) is 0.484. The van der Waals surface area contributed by atoms with Gasteiger partial charge in [0.05, 0.1) is 5.69 Å². The zero-order valence-corrected chi connectivity index (χ0v) is 16.0. The van der Waals surface area contributed by atoms with Crippen molar-refractivity contribution in [1.29, 1.82) is 0 Å². The Hall–Kier alpha value is -3.93. The molecule has 0 unspecified atom stereocenters. The van der Waals surface area contributed by atoms with Crippen molar-refractivity contribution >= 4 is 11.6 Å². The van der Waals surface area contributed by atoms with E-state index in [2.05, 4.69) is 15.5 Å². The zero-order chi connectivity index (χ0) is 20.4. The smallest absolute Gasteiger partial charge is 0.255 e. The number of amides is 1. The van der Waals surface area contributed by atoms with Crippen LogP contribution in [-0.4, -0.2) is 21.2 Å². The molecule has 29 heavy (non-hydrogen) atoms. The summed E-state index contributed by atoms with van der Waals surface area (Å²) in [5, 5.41) is 20.9. The normalized spacial score (nSPS) is 10.7. The van der Waals surface area contributed by atoms with E-state index < -0.39 is 0 Å². The summed E-state index contributed by atoms with van der Waals surface area (Å²) in [6.45, 7) is 3.87. The van der Waals surface area contributed by atoms with E-state index in [-0.39, 0.29) is 11.7 Å². The lowest BCUT2D eigenvalue weighted by Gasteiger charge is -2.08. The molecule has 6 nitrogen and oxygen atoms in total. The molecule has 0 bridgehead atoms. The Kier molecular flexibility index (Phi) is 4.83. The first-order valence-electron chi connectivity index (χ1n) is 9.11. The summed E-state index contributed by atoms with van der Waals surface area (Å²) in [6, 6.07) is 19.8. The summed E-state index contributed by atoms with van der Waals surface area (Å²) in [5.74, 6) is 0.538. The van der Waals surface area contributed by atoms with Crippen molar-refractivity contribution in [3.63, 3.8) is 0 Å². The molecular weight excluding hydrogens is 366 g/mol. The number of aromatic nitrogens is 2. The van der Waals surface area contributed by atoms with Crippen molar-refractivity contribution in [3.05, 3.63) is 83.4 Å². The average molecular weight is 385 g/mol. The first-order chi connectivity index (χ1) is 14.0. The number of anilines is 1. The molecule has 0 aliphatic heterocycles. The Morgan fingerprint density at radius 2 is 1.55 bits per heavy atom. The molecule has 144 valence electrons. The van der Waals surface area contributed by atoms with Crippen LogP contribution in [0, 0.1) is 13.8 Å². The van der Waals surface area contributed by atoms with E-state index in [0.29, 0.717) is 28.6 Å². The second kappa shape index (κ2) is 7.59. The van der Waals surface area contributed by atoms with E-state index in [4.69, 9.17) is 4.42 Å². The molecule has 4 rings (SSSR count). The van der Waals surface area contributed by atoms with Crippen LogP contribution in [0.3, 0.4) is 0 Å². The maximum absolute atomic E-state index is 12.4. The number of hydrogen-bond acceptors (Lipinski definition) is 5. The standard InChI is InChI=1S/C23H19N3O3/c1-14-4-3-5-18(12-14)23-26-25-22(29-23)17-9-7-16(8-10-17)21(28)24-19-11-6-15(2)13-20(19)27/h3-13,27H,1-2H3,(H,24,28). The Morgan fingerprint density at radius 1 is 0.862 bits per heavy atom. The van der Waals surface area contributed by atoms with Gasteiger partial charge in [0.15, 0.2) is 0 Å². The van der Waals surface area contributed by atoms with Crippen molar-refractivity contribution in [3.8, 4) is 28.7 Å². The summed E-state index contributed by atoms with van der Waals surface area (Å²) in [4.78, 5) is 12.4. The van der Waals surface area contributed by atoms with Gasteiger partial charge in [-0.2, -0.15) is 0 Å². The van der Waals surface area contributed by atoms with E-state index in [1.807, 2.05) is 44.2 Å². The van der Waals surface area contributed by atoms with Crippen molar-refractivity contribution < 1.29 is 14.3 Å². The molecule has 1 heterocycles. The number of aromatic hydroxyl groups is 1. The van der Waals surface area contributed by atoms with Gasteiger partial charge < -0.3 is 14.8 Å².